The summed E-state index contributed by atoms with van der Waals surface area (Å²) in [6.07, 6.45) is 0. The van der Waals surface area contributed by atoms with Gasteiger partial charge in [-0.25, -0.2) is 0 Å². The number of nitrogens with two attached hydrogens (primary N) is 1. The predicted octanol–water partition coefficient (Wildman–Crippen LogP) is 3.15. The second kappa shape index (κ2) is 5.25. The van der Waals surface area contributed by atoms with Gasteiger partial charge in [-0.1, -0.05) is 12.1 Å². The Labute approximate surface area is 118 Å². The van der Waals surface area contributed by atoms with E-state index in [-0.39, 0.29) is 11.7 Å². The second-order valence-electron chi connectivity index (χ2n) is 4.93. The lowest BCUT2D eigenvalue weighted by Gasteiger charge is -2.12. The van der Waals surface area contributed by atoms with Gasteiger partial charge in [-0.05, 0) is 50.1 Å². The van der Waals surface area contributed by atoms with Crippen molar-refractivity contribution < 1.29 is 9.90 Å². The first-order valence-corrected chi connectivity index (χ1v) is 6.37. The van der Waals surface area contributed by atoms with Crippen LogP contribution < -0.4 is 11.1 Å². The van der Waals surface area contributed by atoms with Crippen LogP contribution in [0.3, 0.4) is 0 Å². The minimum atomic E-state index is -0.259. The fourth-order valence-electron chi connectivity index (χ4n) is 2.06. The fraction of sp³-hybridized carbons (Fsp3) is 0.188. The molecular weight excluding hydrogens is 252 g/mol. The van der Waals surface area contributed by atoms with Gasteiger partial charge < -0.3 is 16.2 Å². The summed E-state index contributed by atoms with van der Waals surface area (Å²) in [5.74, 6) is -0.150. The van der Waals surface area contributed by atoms with Crippen LogP contribution in [-0.2, 0) is 0 Å². The summed E-state index contributed by atoms with van der Waals surface area (Å²) < 4.78 is 0. The number of rotatable bonds is 2. The molecule has 4 N–H and O–H groups in total. The quantitative estimate of drug-likeness (QED) is 0.734. The molecule has 0 heterocycles. The van der Waals surface area contributed by atoms with Gasteiger partial charge in [0.05, 0.1) is 0 Å². The van der Waals surface area contributed by atoms with Crippen LogP contribution in [0.5, 0.6) is 5.75 Å². The van der Waals surface area contributed by atoms with E-state index in [1.54, 1.807) is 31.2 Å². The highest BCUT2D eigenvalue weighted by Gasteiger charge is 2.13. The van der Waals surface area contributed by atoms with E-state index in [4.69, 9.17) is 5.73 Å². The molecule has 2 aromatic carbocycles. The molecule has 2 rings (SSSR count). The molecule has 1 amide bonds. The Morgan fingerprint density at radius 2 is 1.85 bits per heavy atom. The maximum Gasteiger partial charge on any atom is 0.256 e. The minimum Gasteiger partial charge on any atom is -0.508 e. The summed E-state index contributed by atoms with van der Waals surface area (Å²) in [6.45, 7) is 5.55. The van der Waals surface area contributed by atoms with Gasteiger partial charge in [0.15, 0.2) is 0 Å². The van der Waals surface area contributed by atoms with E-state index in [0.29, 0.717) is 22.5 Å². The molecule has 0 aliphatic heterocycles. The van der Waals surface area contributed by atoms with E-state index in [1.165, 1.54) is 0 Å². The smallest absolute Gasteiger partial charge is 0.256 e. The van der Waals surface area contributed by atoms with E-state index in [1.807, 2.05) is 19.9 Å². The van der Waals surface area contributed by atoms with Gasteiger partial charge in [-0.15, -0.1) is 0 Å². The highest BCUT2D eigenvalue weighted by molar-refractivity contribution is 6.06. The van der Waals surface area contributed by atoms with Crippen LogP contribution in [0.15, 0.2) is 30.3 Å². The molecule has 0 aromatic heterocycles. The molecule has 0 saturated heterocycles. The SMILES string of the molecule is Cc1cc(C)c(NC(=O)c2cccc(O)c2C)cc1N. The first-order valence-electron chi connectivity index (χ1n) is 6.37. The third-order valence-electron chi connectivity index (χ3n) is 3.41. The monoisotopic (exact) mass is 270 g/mol. The van der Waals surface area contributed by atoms with Gasteiger partial charge in [0.2, 0.25) is 0 Å². The van der Waals surface area contributed by atoms with E-state index in [0.717, 1.165) is 11.1 Å². The van der Waals surface area contributed by atoms with Crippen molar-refractivity contribution in [2.45, 2.75) is 20.8 Å². The number of carbonyl (C=O) groups is 1. The largest absolute Gasteiger partial charge is 0.508 e. The average molecular weight is 270 g/mol. The molecule has 104 valence electrons. The van der Waals surface area contributed by atoms with E-state index in [9.17, 15) is 9.90 Å². The summed E-state index contributed by atoms with van der Waals surface area (Å²) in [5.41, 5.74) is 10.1. The molecular formula is C16H18N2O2. The Balaban J connectivity index is 2.33. The number of anilines is 2. The summed E-state index contributed by atoms with van der Waals surface area (Å²) in [7, 11) is 0. The van der Waals surface area contributed by atoms with Crippen molar-refractivity contribution in [1.82, 2.24) is 0 Å². The fourth-order valence-corrected chi connectivity index (χ4v) is 2.06. The zero-order valence-electron chi connectivity index (χ0n) is 11.8. The number of hydrogen-bond acceptors (Lipinski definition) is 3. The molecule has 2 aromatic rings. The molecule has 0 unspecified atom stereocenters. The summed E-state index contributed by atoms with van der Waals surface area (Å²) in [5, 5.41) is 12.5. The minimum absolute atomic E-state index is 0.109. The van der Waals surface area contributed by atoms with Gasteiger partial charge in [-0.3, -0.25) is 4.79 Å². The van der Waals surface area contributed by atoms with Crippen LogP contribution in [0.1, 0.15) is 27.0 Å². The van der Waals surface area contributed by atoms with Crippen molar-refractivity contribution in [1.29, 1.82) is 0 Å². The van der Waals surface area contributed by atoms with Crippen molar-refractivity contribution in [3.8, 4) is 5.75 Å². The third-order valence-corrected chi connectivity index (χ3v) is 3.41. The maximum atomic E-state index is 12.3. The average Bonchev–Trinajstić information content (AvgIpc) is 2.39. The number of aromatic hydroxyl groups is 1. The molecule has 0 fully saturated rings. The van der Waals surface area contributed by atoms with Crippen molar-refractivity contribution in [2.75, 3.05) is 11.1 Å². The number of nitrogen functional groups attached to an aromatic ring is 1. The summed E-state index contributed by atoms with van der Waals surface area (Å²) in [6, 6.07) is 8.56. The lowest BCUT2D eigenvalue weighted by molar-refractivity contribution is 0.102. The van der Waals surface area contributed by atoms with E-state index in [2.05, 4.69) is 5.32 Å². The lowest BCUT2D eigenvalue weighted by Crippen LogP contribution is -2.14. The van der Waals surface area contributed by atoms with Crippen molar-refractivity contribution >= 4 is 17.3 Å². The molecule has 0 aliphatic rings. The number of phenolic OH excluding ortho intramolecular Hbond substituents is 1. The molecule has 0 atom stereocenters. The molecule has 20 heavy (non-hydrogen) atoms. The standard InChI is InChI=1S/C16H18N2O2/c1-9-7-10(2)14(8-13(9)17)18-16(20)12-5-4-6-15(19)11(12)3/h4-8,19H,17H2,1-3H3,(H,18,20). The van der Waals surface area contributed by atoms with E-state index < -0.39 is 0 Å². The van der Waals surface area contributed by atoms with Gasteiger partial charge in [0.25, 0.3) is 5.91 Å². The van der Waals surface area contributed by atoms with Crippen molar-refractivity contribution in [3.05, 3.63) is 52.6 Å². The van der Waals surface area contributed by atoms with E-state index >= 15 is 0 Å². The van der Waals surface area contributed by atoms with Crippen LogP contribution in [0.4, 0.5) is 11.4 Å². The number of carbonyl (C=O) groups excluding carboxylic acids is 1. The normalized spacial score (nSPS) is 10.3. The third kappa shape index (κ3) is 2.59. The number of amides is 1. The molecule has 4 nitrogen and oxygen atoms in total. The Bertz CT molecular complexity index is 678. The topological polar surface area (TPSA) is 75.3 Å². The molecule has 0 bridgehead atoms. The zero-order chi connectivity index (χ0) is 14.9. The Hall–Kier alpha value is -2.49. The van der Waals surface area contributed by atoms with Crippen molar-refractivity contribution in [2.24, 2.45) is 0 Å². The number of aryl methyl sites for hydroxylation is 2. The number of benzene rings is 2. The molecule has 4 heteroatoms. The van der Waals surface area contributed by atoms with Gasteiger partial charge >= 0.3 is 0 Å². The zero-order valence-corrected chi connectivity index (χ0v) is 11.8. The van der Waals surface area contributed by atoms with Gasteiger partial charge in [0.1, 0.15) is 5.75 Å². The van der Waals surface area contributed by atoms with Gasteiger partial charge in [-0.2, -0.15) is 0 Å². The number of phenols is 1. The van der Waals surface area contributed by atoms with Crippen LogP contribution in [0.25, 0.3) is 0 Å². The number of hydrogen-bond donors (Lipinski definition) is 3. The molecule has 0 aliphatic carbocycles. The molecule has 0 spiro atoms. The first kappa shape index (κ1) is 13.9. The van der Waals surface area contributed by atoms with Crippen LogP contribution in [0, 0.1) is 20.8 Å². The Kier molecular flexibility index (Phi) is 3.66. The van der Waals surface area contributed by atoms with Crippen LogP contribution in [0.2, 0.25) is 0 Å². The predicted molar refractivity (Wildman–Crippen MR) is 81.1 cm³/mol. The first-order chi connectivity index (χ1) is 9.40. The highest BCUT2D eigenvalue weighted by Crippen LogP contribution is 2.24. The maximum absolute atomic E-state index is 12.3. The summed E-state index contributed by atoms with van der Waals surface area (Å²) >= 11 is 0. The van der Waals surface area contributed by atoms with Crippen molar-refractivity contribution in [3.63, 3.8) is 0 Å². The Morgan fingerprint density at radius 1 is 1.15 bits per heavy atom. The second-order valence-corrected chi connectivity index (χ2v) is 4.93. The molecule has 0 radical (unpaired) electrons. The van der Waals surface area contributed by atoms with Gasteiger partial charge in [0, 0.05) is 22.5 Å². The molecule has 0 saturated carbocycles. The summed E-state index contributed by atoms with van der Waals surface area (Å²) in [4.78, 5) is 12.3. The number of nitrogens with one attached hydrogen (secondary N) is 1. The lowest BCUT2D eigenvalue weighted by atomic mass is 10.1. The van der Waals surface area contributed by atoms with Crippen LogP contribution >= 0.6 is 0 Å². The van der Waals surface area contributed by atoms with Crippen LogP contribution in [-0.4, -0.2) is 11.0 Å². The Morgan fingerprint density at radius 3 is 2.55 bits per heavy atom. The highest BCUT2D eigenvalue weighted by atomic mass is 16.3.